The Morgan fingerprint density at radius 2 is 1.88 bits per heavy atom. The van der Waals surface area contributed by atoms with Crippen LogP contribution >= 0.6 is 24.0 Å². The molecule has 1 aliphatic rings. The van der Waals surface area contributed by atoms with Crippen LogP contribution in [-0.2, 0) is 4.79 Å². The van der Waals surface area contributed by atoms with Crippen molar-refractivity contribution in [1.29, 1.82) is 0 Å². The number of nitrogens with one attached hydrogen (secondary N) is 2. The molecule has 7 heteroatoms. The maximum atomic E-state index is 11.1. The van der Waals surface area contributed by atoms with Gasteiger partial charge in [-0.05, 0) is 58.2 Å². The van der Waals surface area contributed by atoms with E-state index in [1.54, 1.807) is 0 Å². The lowest BCUT2D eigenvalue weighted by Crippen LogP contribution is -2.44. The summed E-state index contributed by atoms with van der Waals surface area (Å²) in [6, 6.07) is 0.410. The average molecular weight is 453 g/mol. The molecule has 1 rings (SSSR count). The van der Waals surface area contributed by atoms with Crippen LogP contribution in [0.25, 0.3) is 0 Å². The number of nitrogens with zero attached hydrogens (tertiary/aromatic N) is 2. The minimum absolute atomic E-state index is 0. The summed E-state index contributed by atoms with van der Waals surface area (Å²) in [5, 5.41) is 6.78. The third kappa shape index (κ3) is 9.05. The van der Waals surface area contributed by atoms with Crippen molar-refractivity contribution in [2.24, 2.45) is 22.6 Å². The number of hydrogen-bond donors (Lipinski definition) is 3. The molecule has 1 unspecified atom stereocenters. The number of carbonyl (C=O) groups excluding carboxylic acids is 1. The molecule has 0 spiro atoms. The van der Waals surface area contributed by atoms with E-state index < -0.39 is 0 Å². The lowest BCUT2D eigenvalue weighted by molar-refractivity contribution is -0.123. The second kappa shape index (κ2) is 12.7. The molecule has 0 aromatic heterocycles. The van der Waals surface area contributed by atoms with Gasteiger partial charge >= 0.3 is 0 Å². The lowest BCUT2D eigenvalue weighted by Gasteiger charge is -2.30. The van der Waals surface area contributed by atoms with Gasteiger partial charge in [-0.1, -0.05) is 13.8 Å². The molecule has 1 aliphatic heterocycles. The molecule has 0 radical (unpaired) electrons. The second-order valence-corrected chi connectivity index (χ2v) is 6.90. The summed E-state index contributed by atoms with van der Waals surface area (Å²) >= 11 is 0. The molecular formula is C17H36IN5O. The van der Waals surface area contributed by atoms with Crippen LogP contribution in [0.15, 0.2) is 4.99 Å². The van der Waals surface area contributed by atoms with Crippen molar-refractivity contribution in [2.45, 2.75) is 52.5 Å². The van der Waals surface area contributed by atoms with E-state index >= 15 is 0 Å². The Morgan fingerprint density at radius 1 is 1.25 bits per heavy atom. The molecule has 1 saturated heterocycles. The Kier molecular flexibility index (Phi) is 12.4. The number of nitrogens with two attached hydrogens (primary N) is 1. The highest BCUT2D eigenvalue weighted by Crippen LogP contribution is 2.16. The zero-order valence-electron chi connectivity index (χ0n) is 15.7. The molecule has 142 valence electrons. The molecule has 1 amide bonds. The molecule has 24 heavy (non-hydrogen) atoms. The van der Waals surface area contributed by atoms with Gasteiger partial charge < -0.3 is 21.3 Å². The van der Waals surface area contributed by atoms with Crippen molar-refractivity contribution in [3.05, 3.63) is 0 Å². The average Bonchev–Trinajstić information content (AvgIpc) is 2.53. The van der Waals surface area contributed by atoms with E-state index in [0.717, 1.165) is 57.8 Å². The summed E-state index contributed by atoms with van der Waals surface area (Å²) in [6.45, 7) is 10.6. The molecule has 1 heterocycles. The first-order valence-electron chi connectivity index (χ1n) is 8.93. The van der Waals surface area contributed by atoms with E-state index in [-0.39, 0.29) is 35.8 Å². The van der Waals surface area contributed by atoms with Crippen LogP contribution in [0.3, 0.4) is 0 Å². The lowest BCUT2D eigenvalue weighted by atomic mass is 9.96. The fourth-order valence-corrected chi connectivity index (χ4v) is 2.69. The maximum absolute atomic E-state index is 11.1. The van der Waals surface area contributed by atoms with Gasteiger partial charge in [-0.15, -0.1) is 24.0 Å². The number of primary amides is 1. The zero-order valence-corrected chi connectivity index (χ0v) is 18.0. The Balaban J connectivity index is 0.00000529. The van der Waals surface area contributed by atoms with Crippen LogP contribution in [0.1, 0.15) is 46.5 Å². The predicted octanol–water partition coefficient (Wildman–Crippen LogP) is 1.79. The Hall–Kier alpha value is -0.570. The molecule has 0 aliphatic carbocycles. The van der Waals surface area contributed by atoms with Gasteiger partial charge in [0, 0.05) is 25.6 Å². The summed E-state index contributed by atoms with van der Waals surface area (Å²) in [7, 11) is 1.81. The summed E-state index contributed by atoms with van der Waals surface area (Å²) in [5.74, 6) is 1.42. The van der Waals surface area contributed by atoms with E-state index in [0.29, 0.717) is 12.0 Å². The molecule has 0 aromatic carbocycles. The Bertz CT molecular complexity index is 381. The highest BCUT2D eigenvalue weighted by atomic mass is 127. The van der Waals surface area contributed by atoms with E-state index in [2.05, 4.69) is 41.3 Å². The fraction of sp³-hybridized carbons (Fsp3) is 0.882. The van der Waals surface area contributed by atoms with Crippen LogP contribution in [0, 0.1) is 11.8 Å². The fourth-order valence-electron chi connectivity index (χ4n) is 2.69. The zero-order chi connectivity index (χ0) is 17.2. The minimum Gasteiger partial charge on any atom is -0.369 e. The third-order valence-corrected chi connectivity index (χ3v) is 4.77. The van der Waals surface area contributed by atoms with Gasteiger partial charge in [0.2, 0.25) is 5.91 Å². The number of halogens is 1. The molecule has 0 saturated carbocycles. The van der Waals surface area contributed by atoms with Crippen molar-refractivity contribution in [3.8, 4) is 0 Å². The number of guanidine groups is 1. The number of piperidine rings is 1. The van der Waals surface area contributed by atoms with Gasteiger partial charge in [0.25, 0.3) is 0 Å². The Labute approximate surface area is 164 Å². The third-order valence-electron chi connectivity index (χ3n) is 4.77. The van der Waals surface area contributed by atoms with E-state index in [1.807, 2.05) is 7.05 Å². The second-order valence-electron chi connectivity index (χ2n) is 6.90. The van der Waals surface area contributed by atoms with Crippen molar-refractivity contribution < 1.29 is 4.79 Å². The molecule has 0 aromatic rings. The van der Waals surface area contributed by atoms with E-state index in [9.17, 15) is 4.79 Å². The van der Waals surface area contributed by atoms with Crippen molar-refractivity contribution in [3.63, 3.8) is 0 Å². The maximum Gasteiger partial charge on any atom is 0.220 e. The monoisotopic (exact) mass is 453 g/mol. The highest BCUT2D eigenvalue weighted by Gasteiger charge is 2.22. The Morgan fingerprint density at radius 3 is 2.38 bits per heavy atom. The van der Waals surface area contributed by atoms with Gasteiger partial charge in [0.15, 0.2) is 5.96 Å². The van der Waals surface area contributed by atoms with Crippen molar-refractivity contribution in [1.82, 2.24) is 15.5 Å². The number of rotatable bonds is 8. The molecular weight excluding hydrogens is 417 g/mol. The molecule has 0 bridgehead atoms. The van der Waals surface area contributed by atoms with Crippen molar-refractivity contribution in [2.75, 3.05) is 33.2 Å². The predicted molar refractivity (Wildman–Crippen MR) is 112 cm³/mol. The standard InChI is InChI=1S/C17H35N5O.HI/c1-13(2)14(3)21-17(19-4)20-9-5-6-10-22-11-7-15(8-12-22)16(18)23;/h13-15H,5-12H2,1-4H3,(H2,18,23)(H2,19,20,21);1H. The number of unbranched alkanes of at least 4 members (excludes halogenated alkanes) is 1. The topological polar surface area (TPSA) is 82.8 Å². The van der Waals surface area contributed by atoms with Crippen LogP contribution in [-0.4, -0.2) is 56.0 Å². The first-order valence-corrected chi connectivity index (χ1v) is 8.93. The first kappa shape index (κ1) is 23.4. The van der Waals surface area contributed by atoms with E-state index in [4.69, 9.17) is 5.73 Å². The van der Waals surface area contributed by atoms with Crippen LogP contribution in [0.2, 0.25) is 0 Å². The molecule has 6 nitrogen and oxygen atoms in total. The van der Waals surface area contributed by atoms with Gasteiger partial charge in [-0.3, -0.25) is 9.79 Å². The van der Waals surface area contributed by atoms with Gasteiger partial charge in [-0.25, -0.2) is 0 Å². The number of amides is 1. The first-order chi connectivity index (χ1) is 10.9. The molecule has 1 atom stereocenters. The molecule has 1 fully saturated rings. The minimum atomic E-state index is -0.136. The smallest absolute Gasteiger partial charge is 0.220 e. The van der Waals surface area contributed by atoms with Crippen LogP contribution < -0.4 is 16.4 Å². The number of likely N-dealkylation sites (tertiary alicyclic amines) is 1. The number of hydrogen-bond acceptors (Lipinski definition) is 3. The number of carbonyl (C=O) groups is 1. The SMILES string of the molecule is CN=C(NCCCCN1CCC(C(N)=O)CC1)NC(C)C(C)C.I. The van der Waals surface area contributed by atoms with Gasteiger partial charge in [0.05, 0.1) is 0 Å². The summed E-state index contributed by atoms with van der Waals surface area (Å²) in [5.41, 5.74) is 5.36. The highest BCUT2D eigenvalue weighted by molar-refractivity contribution is 14.0. The normalized spacial score (nSPS) is 18.1. The number of aliphatic imine (C=N–C) groups is 1. The van der Waals surface area contributed by atoms with Crippen molar-refractivity contribution >= 4 is 35.8 Å². The quantitative estimate of drug-likeness (QED) is 0.227. The van der Waals surface area contributed by atoms with Gasteiger partial charge in [-0.2, -0.15) is 0 Å². The summed E-state index contributed by atoms with van der Waals surface area (Å²) in [4.78, 5) is 17.9. The van der Waals surface area contributed by atoms with E-state index in [1.165, 1.54) is 0 Å². The van der Waals surface area contributed by atoms with Crippen LogP contribution in [0.5, 0.6) is 0 Å². The molecule has 4 N–H and O–H groups in total. The summed E-state index contributed by atoms with van der Waals surface area (Å²) < 4.78 is 0. The summed E-state index contributed by atoms with van der Waals surface area (Å²) in [6.07, 6.45) is 4.10. The largest absolute Gasteiger partial charge is 0.369 e. The van der Waals surface area contributed by atoms with Gasteiger partial charge in [0.1, 0.15) is 0 Å². The van der Waals surface area contributed by atoms with Crippen LogP contribution in [0.4, 0.5) is 0 Å².